The Morgan fingerprint density at radius 2 is 0.881 bits per heavy atom. The van der Waals surface area contributed by atoms with Crippen molar-refractivity contribution in [1.29, 1.82) is 0 Å². The second-order valence-corrected chi connectivity index (χ2v) is 13.8. The van der Waals surface area contributed by atoms with Crippen LogP contribution in [-0.2, 0) is 35.4 Å². The minimum atomic E-state index is -0.588. The number of ether oxygens (including phenoxy) is 3. The van der Waals surface area contributed by atoms with Crippen molar-refractivity contribution < 1.29 is 28.6 Å². The number of aromatic nitrogens is 10. The molecule has 0 aromatic carbocycles. The number of H-pyrrole nitrogens is 2. The van der Waals surface area contributed by atoms with E-state index in [1.165, 1.54) is 13.7 Å². The van der Waals surface area contributed by atoms with Crippen molar-refractivity contribution in [3.8, 4) is 0 Å². The zero-order chi connectivity index (χ0) is 51.3. The quantitative estimate of drug-likeness (QED) is 0.0925. The molecule has 0 bridgehead atoms. The molecule has 5 rings (SSSR count). The summed E-state index contributed by atoms with van der Waals surface area (Å²) in [5, 5.41) is 0. The normalized spacial score (nSPS) is 8.66. The summed E-state index contributed by atoms with van der Waals surface area (Å²) < 4.78 is 20.9. The van der Waals surface area contributed by atoms with Crippen LogP contribution in [0.25, 0.3) is 33.9 Å². The van der Waals surface area contributed by atoms with Crippen LogP contribution in [0.1, 0.15) is 87.4 Å². The highest BCUT2D eigenvalue weighted by Gasteiger charge is 2.23. The van der Waals surface area contributed by atoms with E-state index in [1.807, 2.05) is 27.7 Å². The van der Waals surface area contributed by atoms with Crippen LogP contribution in [0.3, 0.4) is 0 Å². The van der Waals surface area contributed by atoms with Crippen LogP contribution < -0.4 is 0 Å². The fourth-order valence-corrected chi connectivity index (χ4v) is 5.53. The van der Waals surface area contributed by atoms with Gasteiger partial charge in [-0.25, -0.2) is 24.4 Å². The SMILES string of the molecule is C.CC.CC.[C-]#[N+]c1[nH]c(Br)nc1C(=O)OCC.[C-]#[N+]c1c(C(=O)OCC)nc(Br)n1C.[C-]#[N+]c1nc(Br)[nH]c1[N+]#[C-].[C-]#[N+]c1nc(Br)n(C)c1C(=O)OCC.[C-]#[N+]c1nc(Br)n(C)c1[N+]#[C-]. The maximum Gasteiger partial charge on any atom is 0.347 e. The van der Waals surface area contributed by atoms with E-state index >= 15 is 0 Å². The van der Waals surface area contributed by atoms with Gasteiger partial charge in [0, 0.05) is 54.8 Å². The lowest BCUT2D eigenvalue weighted by Gasteiger charge is -2.02. The Labute approximate surface area is 430 Å². The van der Waals surface area contributed by atoms with Gasteiger partial charge in [-0.1, -0.05) is 96.1 Å². The van der Waals surface area contributed by atoms with Gasteiger partial charge in [-0.15, -0.1) is 0 Å². The number of aromatic amines is 2. The van der Waals surface area contributed by atoms with Crippen LogP contribution in [0.2, 0.25) is 0 Å². The number of imidazole rings is 5. The van der Waals surface area contributed by atoms with E-state index in [0.717, 1.165) is 0 Å². The molecule has 354 valence electrons. The molecule has 0 saturated carbocycles. The number of esters is 3. The van der Waals surface area contributed by atoms with Crippen molar-refractivity contribution in [1.82, 2.24) is 48.6 Å². The van der Waals surface area contributed by atoms with Crippen LogP contribution >= 0.6 is 79.6 Å². The van der Waals surface area contributed by atoms with Gasteiger partial charge in [-0.05, 0) is 20.8 Å². The molecular weight excluding hydrogens is 1200 g/mol. The molecule has 28 heteroatoms. The van der Waals surface area contributed by atoms with Gasteiger partial charge in [-0.3, -0.25) is 19.1 Å². The highest BCUT2D eigenvalue weighted by Crippen LogP contribution is 2.30. The van der Waals surface area contributed by atoms with E-state index in [9.17, 15) is 14.4 Å². The molecule has 0 unspecified atom stereocenters. The molecule has 0 aliphatic carbocycles. The third-order valence-corrected chi connectivity index (χ3v) is 9.36. The van der Waals surface area contributed by atoms with Gasteiger partial charge >= 0.3 is 33.2 Å². The summed E-state index contributed by atoms with van der Waals surface area (Å²) in [7, 11) is 4.96. The third kappa shape index (κ3) is 19.3. The Hall–Kier alpha value is -6.71. The first-order valence-electron chi connectivity index (χ1n) is 18.2. The lowest BCUT2D eigenvalue weighted by Crippen LogP contribution is -2.09. The average Bonchev–Trinajstić information content (AvgIpc) is 4.11. The summed E-state index contributed by atoms with van der Waals surface area (Å²) in [6.07, 6.45) is 0. The molecule has 0 radical (unpaired) electrons. The second kappa shape index (κ2) is 34.6. The summed E-state index contributed by atoms with van der Waals surface area (Å²) in [4.78, 5) is 79.9. The van der Waals surface area contributed by atoms with E-state index in [-0.39, 0.29) is 85.1 Å². The topological polar surface area (TPSA) is 220 Å². The predicted molar refractivity (Wildman–Crippen MR) is 266 cm³/mol. The molecule has 0 aliphatic heterocycles. The van der Waals surface area contributed by atoms with Crippen LogP contribution in [0, 0.1) is 46.0 Å². The first-order chi connectivity index (χ1) is 31.4. The van der Waals surface area contributed by atoms with E-state index in [4.69, 9.17) is 60.2 Å². The van der Waals surface area contributed by atoms with Crippen molar-refractivity contribution in [3.63, 3.8) is 0 Å². The molecular formula is C39H42Br5N17O6. The lowest BCUT2D eigenvalue weighted by atomic mass is 10.4. The number of carbonyl (C=O) groups excluding carboxylic acids is 3. The highest BCUT2D eigenvalue weighted by molar-refractivity contribution is 9.11. The maximum atomic E-state index is 11.4. The fraction of sp³-hybridized carbons (Fsp3) is 0.359. The Bertz CT molecular complexity index is 2710. The van der Waals surface area contributed by atoms with Gasteiger partial charge in [0.2, 0.25) is 9.47 Å². The minimum Gasteiger partial charge on any atom is -0.462 e. The zero-order valence-corrected chi connectivity index (χ0v) is 44.6. The van der Waals surface area contributed by atoms with Gasteiger partial charge in [0.15, 0.2) is 17.1 Å². The van der Waals surface area contributed by atoms with Gasteiger partial charge in [-0.2, -0.15) is 0 Å². The number of nitrogens with zero attached hydrogens (tertiary/aromatic N) is 15. The predicted octanol–water partition coefficient (Wildman–Crippen LogP) is 13.0. The molecule has 23 nitrogen and oxygen atoms in total. The standard InChI is InChI=1S/2C8H8BrN3O2.C7H6BrN3O2.C6H3BrN4.C5HBrN4.2C2H6.CH4/c1-4-14-7(13)5-6(10-2)11-8(9)12(5)3;1-4-14-7(13)5-6(10-2)12(3)8(9)11-5;1-3-13-6(12)4-5(9-2)11-7(8)10-4;1-8-4-5(9-2)11(3)6(7)10-4;1-7-3-4(8-2)10-5(6)9-3;2*1-2;/h2*4H2,1,3H3;3H2,1H3,(H,10,11);3H3;(H,9,10);2*1-2H3;1H4. The fourth-order valence-electron chi connectivity index (χ4n) is 3.78. The minimum absolute atomic E-state index is 0. The van der Waals surface area contributed by atoms with E-state index in [0.29, 0.717) is 23.7 Å². The molecule has 0 amide bonds. The maximum absolute atomic E-state index is 11.4. The number of rotatable bonds is 6. The summed E-state index contributed by atoms with van der Waals surface area (Å²) >= 11 is 15.4. The van der Waals surface area contributed by atoms with Gasteiger partial charge in [0.1, 0.15) is 0 Å². The van der Waals surface area contributed by atoms with Crippen LogP contribution in [-0.4, -0.2) is 86.3 Å². The lowest BCUT2D eigenvalue weighted by molar-refractivity contribution is 0.0508. The van der Waals surface area contributed by atoms with Crippen molar-refractivity contribution in [3.05, 3.63) is 121 Å². The highest BCUT2D eigenvalue weighted by atomic mass is 79.9. The summed E-state index contributed by atoms with van der Waals surface area (Å²) in [6, 6.07) is 0. The first kappa shape index (κ1) is 64.6. The van der Waals surface area contributed by atoms with Crippen molar-refractivity contribution >= 4 is 138 Å². The molecule has 5 heterocycles. The summed E-state index contributed by atoms with van der Waals surface area (Å²) in [6.45, 7) is 61.0. The monoisotopic (exact) mass is 1240 g/mol. The van der Waals surface area contributed by atoms with Gasteiger partial charge in [0.05, 0.1) is 65.8 Å². The third-order valence-electron chi connectivity index (χ3n) is 6.48. The molecule has 67 heavy (non-hydrogen) atoms. The van der Waals surface area contributed by atoms with Crippen molar-refractivity contribution in [2.45, 2.75) is 55.9 Å². The summed E-state index contributed by atoms with van der Waals surface area (Å²) in [5.41, 5.74) is 0.244. The van der Waals surface area contributed by atoms with E-state index in [2.05, 4.69) is 148 Å². The smallest absolute Gasteiger partial charge is 0.347 e. The molecule has 0 saturated heterocycles. The van der Waals surface area contributed by atoms with Crippen molar-refractivity contribution in [2.75, 3.05) is 19.8 Å². The number of hydrogen-bond donors (Lipinski definition) is 2. The van der Waals surface area contributed by atoms with Crippen molar-refractivity contribution in [2.24, 2.45) is 21.1 Å². The Morgan fingerprint density at radius 3 is 1.30 bits per heavy atom. The second-order valence-electron chi connectivity index (χ2n) is 10.2. The van der Waals surface area contributed by atoms with Gasteiger partial charge < -0.3 is 52.7 Å². The molecule has 0 fully saturated rings. The van der Waals surface area contributed by atoms with Crippen LogP contribution in [0.15, 0.2) is 23.7 Å². The number of carbonyl (C=O) groups is 3. The largest absolute Gasteiger partial charge is 0.462 e. The summed E-state index contributed by atoms with van der Waals surface area (Å²) in [5.74, 6) is -0.655. The number of halogens is 5. The molecule has 2 N–H and O–H groups in total. The number of nitrogens with one attached hydrogen (secondary N) is 2. The first-order valence-corrected chi connectivity index (χ1v) is 22.2. The molecule has 0 spiro atoms. The van der Waals surface area contributed by atoms with E-state index in [1.54, 1.807) is 41.9 Å². The average molecular weight is 1240 g/mol. The molecule has 0 atom stereocenters. The van der Waals surface area contributed by atoms with Gasteiger partial charge in [0.25, 0.3) is 39.6 Å². The molecule has 0 aliphatic rings. The zero-order valence-electron chi connectivity index (χ0n) is 36.7. The molecule has 5 aromatic heterocycles. The Balaban J connectivity index is -0.000000750. The number of hydrogen-bond acceptors (Lipinski definition) is 11. The van der Waals surface area contributed by atoms with E-state index < -0.39 is 17.9 Å². The Morgan fingerprint density at radius 1 is 0.493 bits per heavy atom. The van der Waals surface area contributed by atoms with Crippen LogP contribution in [0.4, 0.5) is 40.7 Å². The molecule has 5 aromatic rings. The van der Waals surface area contributed by atoms with Crippen LogP contribution in [0.5, 0.6) is 0 Å². The Kier molecular flexibility index (Phi) is 33.4.